The molecule has 3 atom stereocenters. The molecule has 0 radical (unpaired) electrons. The van der Waals surface area contributed by atoms with Gasteiger partial charge in [0.05, 0.1) is 50.9 Å². The summed E-state index contributed by atoms with van der Waals surface area (Å²) < 4.78 is 34.8. The quantitative estimate of drug-likeness (QED) is 0.299. The summed E-state index contributed by atoms with van der Waals surface area (Å²) in [7, 11) is 6.88. The molecule has 1 saturated heterocycles. The maximum atomic E-state index is 12.3. The molecular formula is C32H47N3O7. The van der Waals surface area contributed by atoms with Gasteiger partial charge in [0.25, 0.3) is 0 Å². The summed E-state index contributed by atoms with van der Waals surface area (Å²) in [6.45, 7) is 6.64. The van der Waals surface area contributed by atoms with Gasteiger partial charge in [-0.1, -0.05) is 30.3 Å². The normalized spacial score (nSPS) is 20.2. The van der Waals surface area contributed by atoms with E-state index in [0.717, 1.165) is 54.2 Å². The molecule has 10 heteroatoms. The zero-order chi connectivity index (χ0) is 29.7. The maximum Gasteiger partial charge on any atom is 0.248 e. The Kier molecular flexibility index (Phi) is 12.9. The smallest absolute Gasteiger partial charge is 0.248 e. The number of fused-ring (bicyclic) bond motifs is 1. The van der Waals surface area contributed by atoms with E-state index in [0.29, 0.717) is 46.1 Å². The lowest BCUT2D eigenvalue weighted by atomic mass is 9.85. The molecular weight excluding hydrogens is 538 g/mol. The van der Waals surface area contributed by atoms with E-state index in [1.165, 1.54) is 0 Å². The number of methoxy groups -OCH3 is 2. The Morgan fingerprint density at radius 3 is 2.43 bits per heavy atom. The van der Waals surface area contributed by atoms with Crippen LogP contribution < -0.4 is 15.0 Å². The molecule has 1 amide bonds. The molecule has 2 heterocycles. The van der Waals surface area contributed by atoms with E-state index in [1.54, 1.807) is 33.2 Å². The molecule has 2 aliphatic heterocycles. The highest BCUT2D eigenvalue weighted by Gasteiger charge is 2.36. The van der Waals surface area contributed by atoms with E-state index in [2.05, 4.69) is 46.6 Å². The number of likely N-dealkylation sites (N-methyl/N-ethyl adjacent to an activating group) is 1. The minimum absolute atomic E-state index is 0.0255. The van der Waals surface area contributed by atoms with Crippen LogP contribution in [0.4, 0.5) is 5.69 Å². The van der Waals surface area contributed by atoms with E-state index < -0.39 is 0 Å². The minimum atomic E-state index is -0.218. The third kappa shape index (κ3) is 9.13. The highest BCUT2D eigenvalue weighted by atomic mass is 16.5. The van der Waals surface area contributed by atoms with Crippen LogP contribution in [0.2, 0.25) is 0 Å². The van der Waals surface area contributed by atoms with Gasteiger partial charge in [-0.05, 0) is 35.2 Å². The van der Waals surface area contributed by atoms with Crippen molar-refractivity contribution in [3.63, 3.8) is 0 Å². The van der Waals surface area contributed by atoms with Crippen LogP contribution in [0.3, 0.4) is 0 Å². The molecule has 0 unspecified atom stereocenters. The fraction of sp³-hybridized carbons (Fsp3) is 0.594. The Morgan fingerprint density at radius 1 is 0.952 bits per heavy atom. The second kappa shape index (κ2) is 16.8. The number of hydrogen-bond acceptors (Lipinski definition) is 9. The highest BCUT2D eigenvalue weighted by molar-refractivity contribution is 5.76. The molecule has 232 valence electrons. The van der Waals surface area contributed by atoms with E-state index >= 15 is 0 Å². The summed E-state index contributed by atoms with van der Waals surface area (Å²) in [5.41, 5.74) is 4.40. The van der Waals surface area contributed by atoms with Crippen LogP contribution >= 0.6 is 0 Å². The van der Waals surface area contributed by atoms with Gasteiger partial charge in [-0.3, -0.25) is 4.79 Å². The topological polar surface area (TPSA) is 91.0 Å². The first-order valence-corrected chi connectivity index (χ1v) is 14.8. The Labute approximate surface area is 250 Å². The highest BCUT2D eigenvalue weighted by Crippen LogP contribution is 2.34. The average molecular weight is 586 g/mol. The Hall–Kier alpha value is -2.73. The summed E-state index contributed by atoms with van der Waals surface area (Å²) in [5.74, 6) is 0.799. The van der Waals surface area contributed by atoms with Gasteiger partial charge in [0, 0.05) is 60.5 Å². The van der Waals surface area contributed by atoms with Crippen LogP contribution in [-0.2, 0) is 41.7 Å². The van der Waals surface area contributed by atoms with E-state index in [1.807, 2.05) is 6.07 Å². The number of anilines is 1. The fourth-order valence-corrected chi connectivity index (χ4v) is 5.33. The predicted octanol–water partition coefficient (Wildman–Crippen LogP) is 2.83. The Bertz CT molecular complexity index is 1100. The number of ether oxygens (including phenoxy) is 6. The van der Waals surface area contributed by atoms with Crippen LogP contribution in [0.5, 0.6) is 5.75 Å². The molecule has 0 bridgehead atoms. The van der Waals surface area contributed by atoms with Crippen molar-refractivity contribution in [3.8, 4) is 5.75 Å². The monoisotopic (exact) mass is 585 g/mol. The van der Waals surface area contributed by atoms with Crippen LogP contribution in [0.1, 0.15) is 29.0 Å². The molecule has 0 spiro atoms. The number of amides is 1. The second-order valence-electron chi connectivity index (χ2n) is 10.9. The number of rotatable bonds is 16. The van der Waals surface area contributed by atoms with Crippen LogP contribution in [0, 0.1) is 0 Å². The molecule has 42 heavy (non-hydrogen) atoms. The number of piperidine rings is 1. The van der Waals surface area contributed by atoms with Gasteiger partial charge in [0.15, 0.2) is 0 Å². The Morgan fingerprint density at radius 2 is 1.69 bits per heavy atom. The first-order valence-electron chi connectivity index (χ1n) is 14.8. The zero-order valence-electron chi connectivity index (χ0n) is 25.5. The van der Waals surface area contributed by atoms with Crippen molar-refractivity contribution in [2.75, 3.05) is 92.4 Å². The van der Waals surface area contributed by atoms with Gasteiger partial charge < -0.3 is 43.5 Å². The molecule has 0 aromatic heterocycles. The predicted molar refractivity (Wildman–Crippen MR) is 161 cm³/mol. The zero-order valence-corrected chi connectivity index (χ0v) is 25.5. The van der Waals surface area contributed by atoms with Gasteiger partial charge in [-0.15, -0.1) is 0 Å². The Balaban J connectivity index is 1.47. The second-order valence-corrected chi connectivity index (χ2v) is 10.9. The van der Waals surface area contributed by atoms with E-state index in [4.69, 9.17) is 28.4 Å². The van der Waals surface area contributed by atoms with Crippen LogP contribution in [-0.4, -0.2) is 111 Å². The lowest BCUT2D eigenvalue weighted by Gasteiger charge is -2.39. The van der Waals surface area contributed by atoms with Crippen molar-refractivity contribution >= 4 is 11.6 Å². The van der Waals surface area contributed by atoms with Crippen molar-refractivity contribution in [2.45, 2.75) is 37.8 Å². The molecule has 0 aliphatic carbocycles. The average Bonchev–Trinajstić information content (AvgIpc) is 3.01. The first-order chi connectivity index (χ1) is 20.5. The molecule has 2 aliphatic rings. The SMILES string of the molecule is COCCCN1CCOc2ccc(CO[C@H]3CNC[C@@H](OCC(=O)N(C)C)[C@@H]3c3ccc(COCCOC)cc3)cc21. The van der Waals surface area contributed by atoms with Crippen LogP contribution in [0.15, 0.2) is 42.5 Å². The standard InChI is InChI=1S/C32H47N3O7/c1-34(2)31(36)23-42-30-20-33-19-29(32(30)26-9-6-24(7-10-26)21-39-17-16-38-4)41-22-25-8-11-28-27(18-25)35(13-15-40-28)12-5-14-37-3/h6-11,18,29-30,32-33H,5,12-17,19-23H2,1-4H3/t29-,30+,32+/m0/s1. The number of carbonyl (C=O) groups is 1. The van der Waals surface area contributed by atoms with Crippen molar-refractivity contribution in [3.05, 3.63) is 59.2 Å². The molecule has 1 N–H and O–H groups in total. The lowest BCUT2D eigenvalue weighted by Crippen LogP contribution is -2.51. The summed E-state index contributed by atoms with van der Waals surface area (Å²) in [5, 5.41) is 3.46. The number of benzene rings is 2. The van der Waals surface area contributed by atoms with Gasteiger partial charge in [-0.2, -0.15) is 0 Å². The number of nitrogens with one attached hydrogen (secondary N) is 1. The third-order valence-corrected chi connectivity index (χ3v) is 7.70. The number of nitrogens with zero attached hydrogens (tertiary/aromatic N) is 2. The summed E-state index contributed by atoms with van der Waals surface area (Å²) in [6.07, 6.45) is 0.596. The summed E-state index contributed by atoms with van der Waals surface area (Å²) in [6, 6.07) is 14.7. The number of carbonyl (C=O) groups excluding carboxylic acids is 1. The lowest BCUT2D eigenvalue weighted by molar-refractivity contribution is -0.138. The van der Waals surface area contributed by atoms with Gasteiger partial charge in [0.2, 0.25) is 5.91 Å². The summed E-state index contributed by atoms with van der Waals surface area (Å²) >= 11 is 0. The molecule has 4 rings (SSSR count). The third-order valence-electron chi connectivity index (χ3n) is 7.70. The van der Waals surface area contributed by atoms with E-state index in [-0.39, 0.29) is 30.6 Å². The minimum Gasteiger partial charge on any atom is -0.490 e. The van der Waals surface area contributed by atoms with Crippen molar-refractivity contribution in [1.82, 2.24) is 10.2 Å². The van der Waals surface area contributed by atoms with Gasteiger partial charge in [0.1, 0.15) is 19.0 Å². The fourth-order valence-electron chi connectivity index (χ4n) is 5.33. The van der Waals surface area contributed by atoms with Crippen LogP contribution in [0.25, 0.3) is 0 Å². The molecule has 0 saturated carbocycles. The van der Waals surface area contributed by atoms with Crippen molar-refractivity contribution in [1.29, 1.82) is 0 Å². The van der Waals surface area contributed by atoms with Crippen molar-refractivity contribution in [2.24, 2.45) is 0 Å². The van der Waals surface area contributed by atoms with Crippen molar-refractivity contribution < 1.29 is 33.2 Å². The van der Waals surface area contributed by atoms with Gasteiger partial charge >= 0.3 is 0 Å². The maximum absolute atomic E-state index is 12.3. The molecule has 2 aromatic rings. The molecule has 1 fully saturated rings. The van der Waals surface area contributed by atoms with E-state index in [9.17, 15) is 4.79 Å². The first kappa shape index (κ1) is 32.2. The largest absolute Gasteiger partial charge is 0.490 e. The number of hydrogen-bond donors (Lipinski definition) is 1. The molecule has 2 aromatic carbocycles. The van der Waals surface area contributed by atoms with Gasteiger partial charge in [-0.25, -0.2) is 0 Å². The summed E-state index contributed by atoms with van der Waals surface area (Å²) in [4.78, 5) is 16.3. The molecule has 10 nitrogen and oxygen atoms in total.